The smallest absolute Gasteiger partial charge is 0.449 e. The second-order valence-electron chi connectivity index (χ2n) is 7.75. The zero-order chi connectivity index (χ0) is 25.8. The fourth-order valence-corrected chi connectivity index (χ4v) is 3.43. The average molecular weight is 526 g/mol. The van der Waals surface area contributed by atoms with Gasteiger partial charge < -0.3 is 28.8 Å². The number of esters is 1. The van der Waals surface area contributed by atoms with E-state index in [4.69, 9.17) is 34.5 Å². The highest BCUT2D eigenvalue weighted by Crippen LogP contribution is 2.26. The molecule has 0 aliphatic rings. The van der Waals surface area contributed by atoms with Crippen LogP contribution in [0.5, 0.6) is 5.75 Å². The standard InChI is InChI=1S/C20H28ClNO11S/c1-20(2,7-8-22-19(25)26)13-32-34(27,28)33-16-5-4-14(11-31-18(21)24)10-15(16)6-9-30-12-17(23)29-3/h4-5,10,22H,6-9,11-13H2,1-3H3,(H,25,26). The summed E-state index contributed by atoms with van der Waals surface area (Å²) in [4.78, 5) is 32.6. The molecule has 0 unspecified atom stereocenters. The first kappa shape index (κ1) is 29.4. The number of rotatable bonds is 15. The molecular weight excluding hydrogens is 498 g/mol. The van der Waals surface area contributed by atoms with E-state index in [1.165, 1.54) is 25.3 Å². The molecule has 0 radical (unpaired) electrons. The van der Waals surface area contributed by atoms with Gasteiger partial charge in [-0.25, -0.2) is 18.6 Å². The van der Waals surface area contributed by atoms with Crippen molar-refractivity contribution in [3.63, 3.8) is 0 Å². The van der Waals surface area contributed by atoms with Crippen LogP contribution < -0.4 is 9.50 Å². The minimum Gasteiger partial charge on any atom is -0.467 e. The maximum absolute atomic E-state index is 12.4. The molecule has 0 saturated heterocycles. The van der Waals surface area contributed by atoms with Crippen molar-refractivity contribution >= 4 is 39.5 Å². The maximum Gasteiger partial charge on any atom is 0.449 e. The highest BCUT2D eigenvalue weighted by atomic mass is 35.5. The first-order valence-electron chi connectivity index (χ1n) is 9.98. The van der Waals surface area contributed by atoms with Gasteiger partial charge in [0, 0.05) is 18.1 Å². The summed E-state index contributed by atoms with van der Waals surface area (Å²) in [7, 11) is -3.26. The number of carbonyl (C=O) groups excluding carboxylic acids is 2. The van der Waals surface area contributed by atoms with Gasteiger partial charge in [-0.1, -0.05) is 19.9 Å². The minimum atomic E-state index is -4.48. The summed E-state index contributed by atoms with van der Waals surface area (Å²) in [5.74, 6) is -0.621. The van der Waals surface area contributed by atoms with Crippen molar-refractivity contribution in [3.05, 3.63) is 29.3 Å². The van der Waals surface area contributed by atoms with Crippen LogP contribution in [0.15, 0.2) is 18.2 Å². The van der Waals surface area contributed by atoms with E-state index in [1.807, 2.05) is 0 Å². The summed E-state index contributed by atoms with van der Waals surface area (Å²) in [6.45, 7) is 2.89. The number of carbonyl (C=O) groups is 3. The molecule has 0 atom stereocenters. The van der Waals surface area contributed by atoms with E-state index in [1.54, 1.807) is 13.8 Å². The van der Waals surface area contributed by atoms with Crippen LogP contribution in [0.1, 0.15) is 31.4 Å². The Balaban J connectivity index is 2.86. The largest absolute Gasteiger partial charge is 0.467 e. The molecule has 0 saturated carbocycles. The zero-order valence-electron chi connectivity index (χ0n) is 19.0. The molecule has 0 spiro atoms. The summed E-state index contributed by atoms with van der Waals surface area (Å²) in [5, 5.41) is 10.8. The van der Waals surface area contributed by atoms with Crippen LogP contribution in [0.4, 0.5) is 9.59 Å². The highest BCUT2D eigenvalue weighted by Gasteiger charge is 2.25. The molecule has 0 aliphatic heterocycles. The lowest BCUT2D eigenvalue weighted by molar-refractivity contribution is -0.145. The minimum absolute atomic E-state index is 0.0364. The normalized spacial score (nSPS) is 11.5. The van der Waals surface area contributed by atoms with Crippen molar-refractivity contribution in [3.8, 4) is 5.75 Å². The number of halogens is 1. The Morgan fingerprint density at radius 1 is 1.21 bits per heavy atom. The van der Waals surface area contributed by atoms with Crippen molar-refractivity contribution in [1.82, 2.24) is 5.32 Å². The van der Waals surface area contributed by atoms with Gasteiger partial charge in [-0.15, -0.1) is 0 Å². The highest BCUT2D eigenvalue weighted by molar-refractivity contribution is 7.82. The van der Waals surface area contributed by atoms with Gasteiger partial charge in [0.1, 0.15) is 19.0 Å². The Morgan fingerprint density at radius 3 is 2.53 bits per heavy atom. The van der Waals surface area contributed by atoms with E-state index in [-0.39, 0.29) is 45.1 Å². The van der Waals surface area contributed by atoms with Crippen molar-refractivity contribution in [1.29, 1.82) is 0 Å². The number of nitrogens with one attached hydrogen (secondary N) is 1. The van der Waals surface area contributed by atoms with Crippen LogP contribution in [0.25, 0.3) is 0 Å². The molecule has 0 bridgehead atoms. The molecule has 0 aromatic heterocycles. The molecule has 2 N–H and O–H groups in total. The maximum atomic E-state index is 12.4. The zero-order valence-corrected chi connectivity index (χ0v) is 20.6. The monoisotopic (exact) mass is 525 g/mol. The van der Waals surface area contributed by atoms with Gasteiger partial charge in [0.15, 0.2) is 0 Å². The summed E-state index contributed by atoms with van der Waals surface area (Å²) >= 11 is 5.17. The first-order valence-corrected chi connectivity index (χ1v) is 11.7. The Morgan fingerprint density at radius 2 is 1.91 bits per heavy atom. The lowest BCUT2D eigenvalue weighted by Crippen LogP contribution is -2.30. The molecule has 1 aromatic carbocycles. The quantitative estimate of drug-likeness (QED) is 0.196. The predicted octanol–water partition coefficient (Wildman–Crippen LogP) is 2.62. The number of carboxylic acid groups (broad SMARTS) is 1. The summed E-state index contributed by atoms with van der Waals surface area (Å²) in [6, 6.07) is 4.37. The number of hydrogen-bond acceptors (Lipinski definition) is 10. The molecule has 0 heterocycles. The number of hydrogen-bond donors (Lipinski definition) is 2. The number of benzene rings is 1. The molecule has 12 nitrogen and oxygen atoms in total. The lowest BCUT2D eigenvalue weighted by atomic mass is 9.91. The van der Waals surface area contributed by atoms with Crippen molar-refractivity contribution in [2.45, 2.75) is 33.3 Å². The summed E-state index contributed by atoms with van der Waals surface area (Å²) in [6.07, 6.45) is -0.706. The van der Waals surface area contributed by atoms with Gasteiger partial charge in [0.05, 0.1) is 20.3 Å². The van der Waals surface area contributed by atoms with Crippen LogP contribution in [0.3, 0.4) is 0 Å². The van der Waals surface area contributed by atoms with Crippen LogP contribution in [-0.4, -0.2) is 64.5 Å². The molecule has 0 aliphatic carbocycles. The lowest BCUT2D eigenvalue weighted by Gasteiger charge is -2.23. The fraction of sp³-hybridized carbons (Fsp3) is 0.550. The van der Waals surface area contributed by atoms with Crippen LogP contribution in [0, 0.1) is 5.41 Å². The van der Waals surface area contributed by atoms with E-state index in [9.17, 15) is 22.8 Å². The van der Waals surface area contributed by atoms with E-state index in [0.29, 0.717) is 17.5 Å². The molecule has 34 heavy (non-hydrogen) atoms. The fourth-order valence-electron chi connectivity index (χ4n) is 2.48. The average Bonchev–Trinajstić information content (AvgIpc) is 2.74. The van der Waals surface area contributed by atoms with Crippen LogP contribution in [-0.2, 0) is 46.6 Å². The first-order chi connectivity index (χ1) is 15.8. The molecule has 192 valence electrons. The molecule has 1 rings (SSSR count). The Labute approximate surface area is 202 Å². The Hall–Kier alpha value is -2.61. The second kappa shape index (κ2) is 13.9. The summed E-state index contributed by atoms with van der Waals surface area (Å²) in [5.41, 5.74) is -0.779. The van der Waals surface area contributed by atoms with Crippen LogP contribution in [0.2, 0.25) is 0 Å². The van der Waals surface area contributed by atoms with E-state index in [2.05, 4.69) is 10.1 Å². The Kier molecular flexibility index (Phi) is 12.1. The van der Waals surface area contributed by atoms with Crippen LogP contribution >= 0.6 is 11.6 Å². The van der Waals surface area contributed by atoms with E-state index < -0.39 is 33.3 Å². The SMILES string of the molecule is COC(=O)COCCc1cc(COC(=O)Cl)ccc1OS(=O)(=O)OCC(C)(C)CCNC(=O)O. The topological polar surface area (TPSA) is 164 Å². The van der Waals surface area contributed by atoms with Gasteiger partial charge >= 0.3 is 27.9 Å². The number of ether oxygens (including phenoxy) is 3. The second-order valence-corrected chi connectivity index (χ2v) is 9.27. The number of amides is 1. The summed E-state index contributed by atoms with van der Waals surface area (Å²) < 4.78 is 49.3. The van der Waals surface area contributed by atoms with Gasteiger partial charge in [-0.05, 0) is 41.5 Å². The molecule has 1 amide bonds. The third-order valence-corrected chi connectivity index (χ3v) is 5.20. The van der Waals surface area contributed by atoms with E-state index in [0.717, 1.165) is 0 Å². The van der Waals surface area contributed by atoms with Gasteiger partial charge in [-0.2, -0.15) is 8.42 Å². The molecule has 14 heteroatoms. The van der Waals surface area contributed by atoms with E-state index >= 15 is 0 Å². The predicted molar refractivity (Wildman–Crippen MR) is 119 cm³/mol. The molecular formula is C20H28ClNO11S. The van der Waals surface area contributed by atoms with Gasteiger partial charge in [-0.3, -0.25) is 0 Å². The Bertz CT molecular complexity index is 950. The molecule has 0 fully saturated rings. The van der Waals surface area contributed by atoms with Gasteiger partial charge in [0.2, 0.25) is 0 Å². The third kappa shape index (κ3) is 12.6. The molecule has 1 aromatic rings. The van der Waals surface area contributed by atoms with Crippen molar-refractivity contribution in [2.75, 3.05) is 33.5 Å². The van der Waals surface area contributed by atoms with Gasteiger partial charge in [0.25, 0.3) is 0 Å². The van der Waals surface area contributed by atoms with Crippen molar-refractivity contribution in [2.24, 2.45) is 5.41 Å². The number of methoxy groups -OCH3 is 1. The van der Waals surface area contributed by atoms with Crippen molar-refractivity contribution < 1.29 is 50.5 Å². The third-order valence-electron chi connectivity index (χ3n) is 4.30.